The van der Waals surface area contributed by atoms with E-state index in [9.17, 15) is 9.90 Å². The summed E-state index contributed by atoms with van der Waals surface area (Å²) in [7, 11) is 0. The predicted octanol–water partition coefficient (Wildman–Crippen LogP) is 3.54. The first-order chi connectivity index (χ1) is 15.4. The van der Waals surface area contributed by atoms with Gasteiger partial charge in [0.25, 0.3) is 5.91 Å². The van der Waals surface area contributed by atoms with Gasteiger partial charge in [-0.05, 0) is 63.1 Å². The molecule has 0 unspecified atom stereocenters. The molecule has 0 spiro atoms. The minimum absolute atomic E-state index is 0.00839. The molecule has 4 N–H and O–H groups in total. The Balaban J connectivity index is 1.29. The summed E-state index contributed by atoms with van der Waals surface area (Å²) in [6, 6.07) is 4.52. The van der Waals surface area contributed by atoms with Gasteiger partial charge in [0, 0.05) is 35.3 Å². The normalized spacial score (nSPS) is 25.8. The highest BCUT2D eigenvalue weighted by atomic mass is 32.1. The van der Waals surface area contributed by atoms with Crippen LogP contribution in [0, 0.1) is 0 Å². The third-order valence-corrected chi connectivity index (χ3v) is 8.24. The number of carbonyl (C=O) groups is 1. The Morgan fingerprint density at radius 2 is 2.09 bits per heavy atom. The summed E-state index contributed by atoms with van der Waals surface area (Å²) in [4.78, 5) is 23.2. The molecule has 4 heterocycles. The molecule has 0 radical (unpaired) electrons. The molecule has 170 valence electrons. The minimum atomic E-state index is -0.551. The number of aliphatic hydroxyl groups is 1. The molecular formula is C23H29N5O2S2. The fraction of sp³-hybridized carbons (Fsp3) is 0.522. The highest BCUT2D eigenvalue weighted by Crippen LogP contribution is 2.32. The molecular weight excluding hydrogens is 442 g/mol. The fourth-order valence-corrected chi connectivity index (χ4v) is 6.11. The van der Waals surface area contributed by atoms with Crippen molar-refractivity contribution in [3.05, 3.63) is 39.2 Å². The topological polar surface area (TPSA) is 99.2 Å². The van der Waals surface area contributed by atoms with Crippen LogP contribution < -0.4 is 16.0 Å². The Morgan fingerprint density at radius 1 is 1.25 bits per heavy atom. The largest absolute Gasteiger partial charge is 0.390 e. The molecule has 2 fully saturated rings. The molecule has 7 nitrogen and oxygen atoms in total. The molecule has 1 atom stereocenters. The predicted molar refractivity (Wildman–Crippen MR) is 130 cm³/mol. The molecule has 3 aromatic heterocycles. The van der Waals surface area contributed by atoms with Crippen molar-refractivity contribution < 1.29 is 9.90 Å². The second-order valence-corrected chi connectivity index (χ2v) is 11.1. The van der Waals surface area contributed by atoms with E-state index in [1.165, 1.54) is 0 Å². The number of nitrogens with zero attached hydrogens (tertiary/aromatic N) is 2. The van der Waals surface area contributed by atoms with Crippen molar-refractivity contribution in [2.75, 3.05) is 18.4 Å². The van der Waals surface area contributed by atoms with Crippen molar-refractivity contribution >= 4 is 44.6 Å². The first kappa shape index (κ1) is 21.8. The van der Waals surface area contributed by atoms with Crippen LogP contribution in [0.4, 0.5) is 5.82 Å². The second kappa shape index (κ2) is 9.05. The molecule has 1 saturated carbocycles. The molecule has 3 aromatic rings. The van der Waals surface area contributed by atoms with Gasteiger partial charge in [0.05, 0.1) is 21.4 Å². The van der Waals surface area contributed by atoms with Crippen molar-refractivity contribution in [3.63, 3.8) is 0 Å². The maximum atomic E-state index is 12.5. The molecule has 5 rings (SSSR count). The first-order valence-corrected chi connectivity index (χ1v) is 13.0. The molecule has 0 aromatic carbocycles. The lowest BCUT2D eigenvalue weighted by Crippen LogP contribution is -2.36. The Bertz CT molecular complexity index is 1090. The minimum Gasteiger partial charge on any atom is -0.390 e. The summed E-state index contributed by atoms with van der Waals surface area (Å²) in [6.07, 6.45) is 5.03. The zero-order chi connectivity index (χ0) is 22.1. The summed E-state index contributed by atoms with van der Waals surface area (Å²) in [5.74, 6) is 1.63. The van der Waals surface area contributed by atoms with Gasteiger partial charge in [-0.15, -0.1) is 22.7 Å². The number of nitrogens with one attached hydrogen (secondary N) is 3. The van der Waals surface area contributed by atoms with E-state index in [0.717, 1.165) is 71.9 Å². The maximum Gasteiger partial charge on any atom is 0.252 e. The zero-order valence-electron chi connectivity index (χ0n) is 18.2. The number of anilines is 1. The van der Waals surface area contributed by atoms with E-state index < -0.39 is 5.60 Å². The first-order valence-electron chi connectivity index (χ1n) is 11.3. The van der Waals surface area contributed by atoms with E-state index in [1.807, 2.05) is 29.8 Å². The lowest BCUT2D eigenvalue weighted by Gasteiger charge is -2.33. The summed E-state index contributed by atoms with van der Waals surface area (Å²) >= 11 is 3.23. The molecule has 1 amide bonds. The summed E-state index contributed by atoms with van der Waals surface area (Å²) < 4.78 is 1.07. The molecule has 0 bridgehead atoms. The number of fused-ring (bicyclic) bond motifs is 1. The third-order valence-electron chi connectivity index (χ3n) is 6.40. The van der Waals surface area contributed by atoms with E-state index in [1.54, 1.807) is 22.7 Å². The van der Waals surface area contributed by atoms with Crippen molar-refractivity contribution in [2.45, 2.75) is 63.1 Å². The Morgan fingerprint density at radius 3 is 2.88 bits per heavy atom. The van der Waals surface area contributed by atoms with Crippen LogP contribution in [0.1, 0.15) is 60.1 Å². The highest BCUT2D eigenvalue weighted by molar-refractivity contribution is 7.17. The number of carbonyl (C=O) groups excluding carboxylic acids is 1. The van der Waals surface area contributed by atoms with Crippen molar-refractivity contribution in [1.29, 1.82) is 0 Å². The molecule has 1 saturated heterocycles. The van der Waals surface area contributed by atoms with E-state index in [-0.39, 0.29) is 11.9 Å². The lowest BCUT2D eigenvalue weighted by molar-refractivity contribution is 0.0196. The molecule has 1 aliphatic carbocycles. The number of hydrogen-bond acceptors (Lipinski definition) is 8. The Hall–Kier alpha value is -2.07. The van der Waals surface area contributed by atoms with E-state index in [0.29, 0.717) is 18.0 Å². The Kier molecular flexibility index (Phi) is 6.16. The van der Waals surface area contributed by atoms with Crippen LogP contribution in [0.5, 0.6) is 0 Å². The third kappa shape index (κ3) is 4.96. The van der Waals surface area contributed by atoms with Crippen LogP contribution in [0.25, 0.3) is 10.2 Å². The standard InChI is InChI=1S/C23H29N5O2S2/c1-23(30)6-2-15(3-7-23)25-21-20-18(5-9-31-20)27-19(28-21)11-17-10-14(13-32-17)22(29)26-16-4-8-24-12-16/h5,9-10,13,15-16,24,30H,2-4,6-8,11-12H2,1H3,(H,26,29)(H,25,27,28)/t15?,16-,23?/m1/s1. The number of hydrogen-bond donors (Lipinski definition) is 4. The van der Waals surface area contributed by atoms with Crippen molar-refractivity contribution in [2.24, 2.45) is 0 Å². The quantitative estimate of drug-likeness (QED) is 0.439. The van der Waals surface area contributed by atoms with E-state index in [2.05, 4.69) is 16.0 Å². The van der Waals surface area contributed by atoms with Gasteiger partial charge in [0.15, 0.2) is 0 Å². The van der Waals surface area contributed by atoms with Crippen molar-refractivity contribution in [3.8, 4) is 0 Å². The van der Waals surface area contributed by atoms with Crippen LogP contribution >= 0.6 is 22.7 Å². The molecule has 32 heavy (non-hydrogen) atoms. The van der Waals surface area contributed by atoms with E-state index in [4.69, 9.17) is 9.97 Å². The molecule has 9 heteroatoms. The van der Waals surface area contributed by atoms with Gasteiger partial charge in [0.2, 0.25) is 0 Å². The highest BCUT2D eigenvalue weighted by Gasteiger charge is 2.29. The smallest absolute Gasteiger partial charge is 0.252 e. The fourth-order valence-electron chi connectivity index (χ4n) is 4.46. The number of rotatable bonds is 6. The summed E-state index contributed by atoms with van der Waals surface area (Å²) in [5, 5.41) is 24.2. The lowest BCUT2D eigenvalue weighted by atomic mass is 9.84. The zero-order valence-corrected chi connectivity index (χ0v) is 19.8. The van der Waals surface area contributed by atoms with Crippen LogP contribution in [-0.2, 0) is 6.42 Å². The average Bonchev–Trinajstić information content (AvgIpc) is 3.51. The van der Waals surface area contributed by atoms with Gasteiger partial charge in [0.1, 0.15) is 11.6 Å². The van der Waals surface area contributed by atoms with Crippen LogP contribution in [0.15, 0.2) is 22.9 Å². The summed E-state index contributed by atoms with van der Waals surface area (Å²) in [6.45, 7) is 3.72. The monoisotopic (exact) mass is 471 g/mol. The SMILES string of the molecule is CC1(O)CCC(Nc2nc(Cc3cc(C(=O)N[C@@H]4CCNC4)cs3)nc3ccsc23)CC1. The van der Waals surface area contributed by atoms with Gasteiger partial charge in [-0.1, -0.05) is 0 Å². The van der Waals surface area contributed by atoms with Crippen LogP contribution in [0.3, 0.4) is 0 Å². The maximum absolute atomic E-state index is 12.5. The van der Waals surface area contributed by atoms with Gasteiger partial charge < -0.3 is 21.1 Å². The molecule has 1 aliphatic heterocycles. The Labute approximate surface area is 195 Å². The average molecular weight is 472 g/mol. The van der Waals surface area contributed by atoms with Gasteiger partial charge in [-0.2, -0.15) is 0 Å². The second-order valence-electron chi connectivity index (χ2n) is 9.18. The van der Waals surface area contributed by atoms with Crippen molar-refractivity contribution in [1.82, 2.24) is 20.6 Å². The van der Waals surface area contributed by atoms with Crippen LogP contribution in [-0.4, -0.2) is 51.8 Å². The van der Waals surface area contributed by atoms with Crippen LogP contribution in [0.2, 0.25) is 0 Å². The number of aromatic nitrogens is 2. The molecule has 2 aliphatic rings. The van der Waals surface area contributed by atoms with Gasteiger partial charge in [-0.3, -0.25) is 4.79 Å². The number of thiophene rings is 2. The van der Waals surface area contributed by atoms with E-state index >= 15 is 0 Å². The summed E-state index contributed by atoms with van der Waals surface area (Å²) in [5.41, 5.74) is 1.11. The van der Waals surface area contributed by atoms with Gasteiger partial charge >= 0.3 is 0 Å². The van der Waals surface area contributed by atoms with Gasteiger partial charge in [-0.25, -0.2) is 9.97 Å². The number of amides is 1.